The minimum atomic E-state index is -0.116. The molecule has 3 nitrogen and oxygen atoms in total. The van der Waals surface area contributed by atoms with E-state index in [0.29, 0.717) is 18.4 Å². The molecule has 1 aliphatic carbocycles. The van der Waals surface area contributed by atoms with Gasteiger partial charge in [0.1, 0.15) is 6.61 Å². The molecule has 3 rings (SSSR count). The van der Waals surface area contributed by atoms with Gasteiger partial charge in [-0.15, -0.1) is 0 Å². The fourth-order valence-electron chi connectivity index (χ4n) is 3.74. The first-order valence-electron chi connectivity index (χ1n) is 8.57. The quantitative estimate of drug-likeness (QED) is 0.812. The Morgan fingerprint density at radius 2 is 2.00 bits per heavy atom. The Morgan fingerprint density at radius 3 is 2.64 bits per heavy atom. The highest BCUT2D eigenvalue weighted by molar-refractivity contribution is 5.69. The summed E-state index contributed by atoms with van der Waals surface area (Å²) < 4.78 is 5.58. The number of hydrogen-bond acceptors (Lipinski definition) is 2. The van der Waals surface area contributed by atoms with Gasteiger partial charge >= 0.3 is 6.09 Å². The molecule has 1 saturated heterocycles. The second kappa shape index (κ2) is 6.31. The Morgan fingerprint density at radius 1 is 1.27 bits per heavy atom. The lowest BCUT2D eigenvalue weighted by molar-refractivity contribution is 0.0430. The molecule has 1 atom stereocenters. The topological polar surface area (TPSA) is 29.5 Å². The molecule has 3 heteroatoms. The maximum atomic E-state index is 12.6. The van der Waals surface area contributed by atoms with Crippen LogP contribution < -0.4 is 0 Å². The third kappa shape index (κ3) is 3.45. The zero-order valence-corrected chi connectivity index (χ0v) is 13.8. The first kappa shape index (κ1) is 15.4. The Kier molecular flexibility index (Phi) is 4.42. The number of carbonyl (C=O) groups excluding carboxylic acids is 1. The lowest BCUT2D eigenvalue weighted by atomic mass is 9.86. The van der Waals surface area contributed by atoms with Gasteiger partial charge in [0.05, 0.1) is 0 Å². The van der Waals surface area contributed by atoms with Crippen molar-refractivity contribution in [2.75, 3.05) is 6.54 Å². The van der Waals surface area contributed by atoms with Gasteiger partial charge in [-0.25, -0.2) is 4.79 Å². The molecule has 1 heterocycles. The standard InChI is InChI=1S/C19H27NO2/c1-15(2)12-17-8-9-19(10-11-19)20(13-17)18(21)22-14-16-6-4-3-5-7-16/h3-7,15,17H,8-14H2,1-2H3/t17-/m1/s1. The van der Waals surface area contributed by atoms with E-state index in [1.807, 2.05) is 35.2 Å². The first-order chi connectivity index (χ1) is 10.6. The van der Waals surface area contributed by atoms with Crippen molar-refractivity contribution in [2.45, 2.75) is 58.1 Å². The lowest BCUT2D eigenvalue weighted by Gasteiger charge is -2.40. The summed E-state index contributed by atoms with van der Waals surface area (Å²) in [6.07, 6.45) is 5.82. The van der Waals surface area contributed by atoms with Crippen LogP contribution in [0.1, 0.15) is 51.5 Å². The number of benzene rings is 1. The zero-order chi connectivity index (χ0) is 15.6. The molecule has 2 fully saturated rings. The normalized spacial score (nSPS) is 22.9. The maximum Gasteiger partial charge on any atom is 0.410 e. The van der Waals surface area contributed by atoms with E-state index in [9.17, 15) is 4.79 Å². The van der Waals surface area contributed by atoms with Crippen LogP contribution in [0.2, 0.25) is 0 Å². The minimum absolute atomic E-state index is 0.116. The van der Waals surface area contributed by atoms with Crippen LogP contribution in [0.3, 0.4) is 0 Å². The monoisotopic (exact) mass is 301 g/mol. The van der Waals surface area contributed by atoms with Crippen LogP contribution in [-0.4, -0.2) is 23.1 Å². The van der Waals surface area contributed by atoms with Crippen LogP contribution in [-0.2, 0) is 11.3 Å². The van der Waals surface area contributed by atoms with E-state index in [2.05, 4.69) is 13.8 Å². The molecule has 0 bridgehead atoms. The average Bonchev–Trinajstić information content (AvgIpc) is 3.28. The largest absolute Gasteiger partial charge is 0.445 e. The fraction of sp³-hybridized carbons (Fsp3) is 0.632. The molecular formula is C19H27NO2. The molecule has 0 N–H and O–H groups in total. The molecule has 1 spiro atoms. The number of hydrogen-bond donors (Lipinski definition) is 0. The maximum absolute atomic E-state index is 12.6. The highest BCUT2D eigenvalue weighted by atomic mass is 16.6. The van der Waals surface area contributed by atoms with Gasteiger partial charge in [0, 0.05) is 12.1 Å². The predicted octanol–water partition coefficient (Wildman–Crippen LogP) is 4.61. The van der Waals surface area contributed by atoms with Gasteiger partial charge < -0.3 is 9.64 Å². The third-order valence-corrected chi connectivity index (χ3v) is 5.09. The van der Waals surface area contributed by atoms with Crippen LogP contribution in [0.4, 0.5) is 4.79 Å². The van der Waals surface area contributed by atoms with Gasteiger partial charge in [-0.3, -0.25) is 0 Å². The Hall–Kier alpha value is -1.51. The Labute approximate surface area is 133 Å². The summed E-state index contributed by atoms with van der Waals surface area (Å²) in [4.78, 5) is 14.6. The average molecular weight is 301 g/mol. The molecule has 1 aromatic carbocycles. The van der Waals surface area contributed by atoms with E-state index in [-0.39, 0.29) is 11.6 Å². The fourth-order valence-corrected chi connectivity index (χ4v) is 3.74. The molecule has 22 heavy (non-hydrogen) atoms. The summed E-state index contributed by atoms with van der Waals surface area (Å²) in [5.74, 6) is 1.33. The predicted molar refractivity (Wildman–Crippen MR) is 87.5 cm³/mol. The number of rotatable bonds is 4. The van der Waals surface area contributed by atoms with Crippen LogP contribution in [0.25, 0.3) is 0 Å². The van der Waals surface area contributed by atoms with Crippen LogP contribution in [0.15, 0.2) is 30.3 Å². The number of nitrogens with zero attached hydrogens (tertiary/aromatic N) is 1. The van der Waals surface area contributed by atoms with Crippen molar-refractivity contribution in [3.63, 3.8) is 0 Å². The van der Waals surface area contributed by atoms with Crippen LogP contribution in [0.5, 0.6) is 0 Å². The Balaban J connectivity index is 1.59. The zero-order valence-electron chi connectivity index (χ0n) is 13.8. The summed E-state index contributed by atoms with van der Waals surface area (Å²) in [6.45, 7) is 5.78. The highest BCUT2D eigenvalue weighted by Crippen LogP contribution is 2.50. The summed E-state index contributed by atoms with van der Waals surface area (Å²) >= 11 is 0. The van der Waals surface area contributed by atoms with Crippen LogP contribution >= 0.6 is 0 Å². The van der Waals surface area contributed by atoms with Crippen molar-refractivity contribution in [3.8, 4) is 0 Å². The molecule has 1 aliphatic heterocycles. The smallest absolute Gasteiger partial charge is 0.410 e. The van der Waals surface area contributed by atoms with E-state index in [4.69, 9.17) is 4.74 Å². The summed E-state index contributed by atoms with van der Waals surface area (Å²) in [5, 5.41) is 0. The van der Waals surface area contributed by atoms with Gasteiger partial charge in [-0.1, -0.05) is 44.2 Å². The van der Waals surface area contributed by atoms with Crippen molar-refractivity contribution in [3.05, 3.63) is 35.9 Å². The second-order valence-electron chi connectivity index (χ2n) is 7.41. The molecule has 2 aliphatic rings. The molecule has 1 saturated carbocycles. The number of amides is 1. The molecule has 0 unspecified atom stereocenters. The molecule has 0 radical (unpaired) electrons. The SMILES string of the molecule is CC(C)C[C@H]1CCC2(CC2)N(C(=O)OCc2ccccc2)C1. The van der Waals surface area contributed by atoms with Crippen LogP contribution in [0, 0.1) is 11.8 Å². The van der Waals surface area contributed by atoms with E-state index >= 15 is 0 Å². The van der Waals surface area contributed by atoms with Crippen molar-refractivity contribution in [2.24, 2.45) is 11.8 Å². The van der Waals surface area contributed by atoms with E-state index in [1.165, 1.54) is 12.8 Å². The second-order valence-corrected chi connectivity index (χ2v) is 7.41. The van der Waals surface area contributed by atoms with Crippen molar-refractivity contribution in [1.82, 2.24) is 4.90 Å². The molecule has 0 aromatic heterocycles. The Bertz CT molecular complexity index is 507. The molecule has 120 valence electrons. The van der Waals surface area contributed by atoms with Gasteiger partial charge in [0.2, 0.25) is 0 Å². The summed E-state index contributed by atoms with van der Waals surface area (Å²) in [6, 6.07) is 9.93. The first-order valence-corrected chi connectivity index (χ1v) is 8.57. The molecule has 1 amide bonds. The summed E-state index contributed by atoms with van der Waals surface area (Å²) in [7, 11) is 0. The van der Waals surface area contributed by atoms with Gasteiger partial charge in [-0.05, 0) is 49.5 Å². The van der Waals surface area contributed by atoms with Crippen molar-refractivity contribution >= 4 is 6.09 Å². The highest BCUT2D eigenvalue weighted by Gasteiger charge is 2.53. The van der Waals surface area contributed by atoms with E-state index < -0.39 is 0 Å². The van der Waals surface area contributed by atoms with E-state index in [1.54, 1.807) is 0 Å². The van der Waals surface area contributed by atoms with E-state index in [0.717, 1.165) is 31.4 Å². The lowest BCUT2D eigenvalue weighted by Crippen LogP contribution is -2.49. The number of carbonyl (C=O) groups is 1. The minimum Gasteiger partial charge on any atom is -0.445 e. The van der Waals surface area contributed by atoms with Crippen molar-refractivity contribution in [1.29, 1.82) is 0 Å². The number of likely N-dealkylation sites (tertiary alicyclic amines) is 1. The molecular weight excluding hydrogens is 274 g/mol. The molecule has 1 aromatic rings. The summed E-state index contributed by atoms with van der Waals surface area (Å²) in [5.41, 5.74) is 1.19. The number of ether oxygens (including phenoxy) is 1. The van der Waals surface area contributed by atoms with Crippen molar-refractivity contribution < 1.29 is 9.53 Å². The van der Waals surface area contributed by atoms with Gasteiger partial charge in [0.25, 0.3) is 0 Å². The van der Waals surface area contributed by atoms with Gasteiger partial charge in [0.15, 0.2) is 0 Å². The number of piperidine rings is 1. The van der Waals surface area contributed by atoms with Gasteiger partial charge in [-0.2, -0.15) is 0 Å². The third-order valence-electron chi connectivity index (χ3n) is 5.09.